The van der Waals surface area contributed by atoms with Crippen molar-refractivity contribution in [2.75, 3.05) is 37.5 Å². The zero-order valence-electron chi connectivity index (χ0n) is 22.7. The summed E-state index contributed by atoms with van der Waals surface area (Å²) in [5.41, 5.74) is 11.0. The molecule has 0 aliphatic carbocycles. The number of aliphatic hydroxyl groups is 2. The van der Waals surface area contributed by atoms with Gasteiger partial charge in [-0.3, -0.25) is 0 Å². The van der Waals surface area contributed by atoms with E-state index in [9.17, 15) is 10.2 Å². The van der Waals surface area contributed by atoms with Gasteiger partial charge in [0.1, 0.15) is 11.0 Å². The Balaban J connectivity index is 1.49. The molecule has 39 heavy (non-hydrogen) atoms. The maximum Gasteiger partial charge on any atom is 0.222 e. The molecule has 0 unspecified atom stereocenters. The molecule has 1 saturated heterocycles. The molecule has 1 atom stereocenters. The summed E-state index contributed by atoms with van der Waals surface area (Å²) in [7, 11) is 0. The van der Waals surface area contributed by atoms with Crippen molar-refractivity contribution in [1.82, 2.24) is 19.9 Å². The Kier molecular flexibility index (Phi) is 8.62. The molecule has 6 N–H and O–H groups in total. The molecule has 0 amide bonds. The van der Waals surface area contributed by atoms with Gasteiger partial charge in [-0.05, 0) is 42.9 Å². The molecule has 0 spiro atoms. The molecular formula is C30H40N6O3. The molecule has 2 aromatic heterocycles. The summed E-state index contributed by atoms with van der Waals surface area (Å²) in [6.45, 7) is 5.00. The summed E-state index contributed by atoms with van der Waals surface area (Å²) < 4.78 is 7.76. The Morgan fingerprint density at radius 3 is 2.62 bits per heavy atom. The highest BCUT2D eigenvalue weighted by molar-refractivity contribution is 6.09. The number of nitrogens with two attached hydrogens (primary N) is 1. The summed E-state index contributed by atoms with van der Waals surface area (Å²) >= 11 is 0. The van der Waals surface area contributed by atoms with E-state index in [2.05, 4.69) is 68.5 Å². The molecule has 0 saturated carbocycles. The number of aliphatic hydroxyl groups excluding tert-OH is 2. The minimum Gasteiger partial charge on any atom is -0.396 e. The van der Waals surface area contributed by atoms with Crippen LogP contribution in [0.15, 0.2) is 48.5 Å². The van der Waals surface area contributed by atoms with E-state index in [0.717, 1.165) is 58.7 Å². The van der Waals surface area contributed by atoms with Crippen LogP contribution in [0, 0.1) is 0 Å². The van der Waals surface area contributed by atoms with Gasteiger partial charge in [-0.1, -0.05) is 55.8 Å². The van der Waals surface area contributed by atoms with E-state index in [-0.39, 0.29) is 30.7 Å². The molecule has 1 aliphatic rings. The third kappa shape index (κ3) is 6.01. The summed E-state index contributed by atoms with van der Waals surface area (Å²) in [4.78, 5) is 9.28. The Morgan fingerprint density at radius 1 is 1.05 bits per heavy atom. The molecule has 1 fully saturated rings. The van der Waals surface area contributed by atoms with Gasteiger partial charge in [0.15, 0.2) is 5.82 Å². The molecule has 3 heterocycles. The van der Waals surface area contributed by atoms with Crippen LogP contribution in [-0.2, 0) is 17.8 Å². The maximum atomic E-state index is 10.1. The van der Waals surface area contributed by atoms with Gasteiger partial charge in [0.25, 0.3) is 0 Å². The van der Waals surface area contributed by atoms with E-state index in [4.69, 9.17) is 10.5 Å². The second-order valence-corrected chi connectivity index (χ2v) is 10.6. The van der Waals surface area contributed by atoms with Crippen molar-refractivity contribution in [3.05, 3.63) is 59.7 Å². The standard InChI is InChI=1S/C30H40N6O3/c1-2-6-23(11-14-37)33-28-27-26(34-29(31)35-28)24-9-3-4-10-25(24)36(27)19-22-8-5-7-21(17-22)18-32-30(20-38)12-15-39-16-13-30/h3-5,7-10,17,23,32,37-38H,2,6,11-16,18-20H2,1H3,(H3,31,33,34,35)/t23-/m0/s1. The lowest BCUT2D eigenvalue weighted by Gasteiger charge is -2.36. The topological polar surface area (TPSA) is 130 Å². The van der Waals surface area contributed by atoms with Gasteiger partial charge in [0, 0.05) is 49.9 Å². The van der Waals surface area contributed by atoms with Gasteiger partial charge < -0.3 is 35.9 Å². The van der Waals surface area contributed by atoms with Crippen LogP contribution in [0.3, 0.4) is 0 Å². The minimum absolute atomic E-state index is 0.0856. The number of hydrogen-bond acceptors (Lipinski definition) is 8. The summed E-state index contributed by atoms with van der Waals surface area (Å²) in [6.07, 6.45) is 4.16. The number of rotatable bonds is 12. The second-order valence-electron chi connectivity index (χ2n) is 10.6. The highest BCUT2D eigenvalue weighted by Crippen LogP contribution is 2.33. The van der Waals surface area contributed by atoms with Crippen molar-refractivity contribution in [3.63, 3.8) is 0 Å². The van der Waals surface area contributed by atoms with Crippen molar-refractivity contribution in [3.8, 4) is 0 Å². The van der Waals surface area contributed by atoms with Gasteiger partial charge in [0.2, 0.25) is 5.95 Å². The number of fused-ring (bicyclic) bond motifs is 3. The number of hydrogen-bond donors (Lipinski definition) is 5. The van der Waals surface area contributed by atoms with Crippen molar-refractivity contribution in [2.24, 2.45) is 0 Å². The maximum absolute atomic E-state index is 10.1. The van der Waals surface area contributed by atoms with Crippen molar-refractivity contribution >= 4 is 33.7 Å². The summed E-state index contributed by atoms with van der Waals surface area (Å²) in [5, 5.41) is 27.9. The number of nitrogens with zero attached hydrogens (tertiary/aromatic N) is 3. The fourth-order valence-corrected chi connectivity index (χ4v) is 5.66. The highest BCUT2D eigenvalue weighted by Gasteiger charge is 2.31. The monoisotopic (exact) mass is 532 g/mol. The lowest BCUT2D eigenvalue weighted by atomic mass is 9.90. The SMILES string of the molecule is CCC[C@@H](CCO)Nc1nc(N)nc2c3ccccc3n(Cc3cccc(CNC4(CO)CCOCC4)c3)c12. The molecule has 1 aliphatic heterocycles. The van der Waals surface area contributed by atoms with E-state index in [1.165, 1.54) is 0 Å². The summed E-state index contributed by atoms with van der Waals surface area (Å²) in [5.74, 6) is 0.925. The predicted molar refractivity (Wildman–Crippen MR) is 156 cm³/mol. The first-order valence-electron chi connectivity index (χ1n) is 14.0. The largest absolute Gasteiger partial charge is 0.396 e. The average molecular weight is 533 g/mol. The molecule has 4 aromatic rings. The first-order valence-corrected chi connectivity index (χ1v) is 14.0. The Morgan fingerprint density at radius 2 is 1.85 bits per heavy atom. The number of nitrogen functional groups attached to an aromatic ring is 1. The van der Waals surface area contributed by atoms with Crippen LogP contribution in [0.5, 0.6) is 0 Å². The van der Waals surface area contributed by atoms with Crippen LogP contribution in [0.4, 0.5) is 11.8 Å². The van der Waals surface area contributed by atoms with Gasteiger partial charge >= 0.3 is 0 Å². The number of para-hydroxylation sites is 1. The van der Waals surface area contributed by atoms with E-state index < -0.39 is 0 Å². The van der Waals surface area contributed by atoms with E-state index in [1.54, 1.807) is 0 Å². The first-order chi connectivity index (χ1) is 19.1. The molecule has 9 heteroatoms. The quantitative estimate of drug-likeness (QED) is 0.186. The van der Waals surface area contributed by atoms with Crippen LogP contribution >= 0.6 is 0 Å². The third-order valence-electron chi connectivity index (χ3n) is 7.83. The Labute approximate surface area is 229 Å². The van der Waals surface area contributed by atoms with Gasteiger partial charge in [0.05, 0.1) is 12.1 Å². The molecule has 0 bridgehead atoms. The lowest BCUT2D eigenvalue weighted by Crippen LogP contribution is -2.51. The van der Waals surface area contributed by atoms with Crippen molar-refractivity contribution < 1.29 is 14.9 Å². The van der Waals surface area contributed by atoms with E-state index >= 15 is 0 Å². The van der Waals surface area contributed by atoms with Gasteiger partial charge in [-0.15, -0.1) is 0 Å². The molecule has 5 rings (SSSR count). The Bertz CT molecular complexity index is 1390. The van der Waals surface area contributed by atoms with Crippen LogP contribution in [-0.4, -0.2) is 62.8 Å². The van der Waals surface area contributed by atoms with Gasteiger partial charge in [-0.25, -0.2) is 4.98 Å². The predicted octanol–water partition coefficient (Wildman–Crippen LogP) is 3.81. The molecular weight excluding hydrogens is 492 g/mol. The molecule has 0 radical (unpaired) electrons. The lowest BCUT2D eigenvalue weighted by molar-refractivity contribution is 0.0111. The number of ether oxygens (including phenoxy) is 1. The van der Waals surface area contributed by atoms with Crippen molar-refractivity contribution in [2.45, 2.75) is 63.7 Å². The average Bonchev–Trinajstić information content (AvgIpc) is 3.26. The first kappa shape index (κ1) is 27.3. The zero-order valence-corrected chi connectivity index (χ0v) is 22.7. The highest BCUT2D eigenvalue weighted by atomic mass is 16.5. The number of aromatic nitrogens is 3. The minimum atomic E-state index is -0.289. The van der Waals surface area contributed by atoms with E-state index in [1.807, 2.05) is 12.1 Å². The third-order valence-corrected chi connectivity index (χ3v) is 7.83. The number of benzene rings is 2. The summed E-state index contributed by atoms with van der Waals surface area (Å²) in [6, 6.07) is 16.9. The fraction of sp³-hybridized carbons (Fsp3) is 0.467. The molecule has 2 aromatic carbocycles. The van der Waals surface area contributed by atoms with Gasteiger partial charge in [-0.2, -0.15) is 4.98 Å². The molecule has 208 valence electrons. The van der Waals surface area contributed by atoms with E-state index in [0.29, 0.717) is 38.5 Å². The number of anilines is 2. The normalized spacial score (nSPS) is 16.1. The smallest absolute Gasteiger partial charge is 0.222 e. The zero-order chi connectivity index (χ0) is 27.2. The van der Waals surface area contributed by atoms with Crippen LogP contribution in [0.2, 0.25) is 0 Å². The van der Waals surface area contributed by atoms with Crippen LogP contribution < -0.4 is 16.4 Å². The van der Waals surface area contributed by atoms with Crippen LogP contribution in [0.25, 0.3) is 21.9 Å². The second kappa shape index (κ2) is 12.3. The fourth-order valence-electron chi connectivity index (χ4n) is 5.66. The number of nitrogens with one attached hydrogen (secondary N) is 2. The Hall–Kier alpha value is -3.24. The molecule has 9 nitrogen and oxygen atoms in total. The van der Waals surface area contributed by atoms with Crippen LogP contribution in [0.1, 0.15) is 50.2 Å². The van der Waals surface area contributed by atoms with Crippen molar-refractivity contribution in [1.29, 1.82) is 0 Å².